The lowest BCUT2D eigenvalue weighted by molar-refractivity contribution is -0.168. The third-order valence-electron chi connectivity index (χ3n) is 3.32. The van der Waals surface area contributed by atoms with Gasteiger partial charge in [-0.25, -0.2) is 9.59 Å². The standard InChI is InChI=1S/C17H24N2O5/c1-5-23-15(21)17(19-12(3)20,16(22)24-6-2)11-13-8-7-9-14(10-13)18-4/h7-10,18H,5-6,11H2,1-4H3,(H,19,20). The van der Waals surface area contributed by atoms with Gasteiger partial charge in [-0.2, -0.15) is 0 Å². The molecule has 7 nitrogen and oxygen atoms in total. The van der Waals surface area contributed by atoms with Crippen molar-refractivity contribution in [3.05, 3.63) is 29.8 Å². The Labute approximate surface area is 141 Å². The summed E-state index contributed by atoms with van der Waals surface area (Å²) in [6.07, 6.45) is -0.0697. The largest absolute Gasteiger partial charge is 0.464 e. The molecule has 0 spiro atoms. The molecule has 0 saturated heterocycles. The molecule has 2 N–H and O–H groups in total. The van der Waals surface area contributed by atoms with Gasteiger partial charge in [0.25, 0.3) is 0 Å². The fourth-order valence-electron chi connectivity index (χ4n) is 2.33. The van der Waals surface area contributed by atoms with Gasteiger partial charge in [-0.15, -0.1) is 0 Å². The van der Waals surface area contributed by atoms with Crippen molar-refractivity contribution in [2.45, 2.75) is 32.7 Å². The first-order chi connectivity index (χ1) is 11.4. The van der Waals surface area contributed by atoms with Crippen LogP contribution in [0.3, 0.4) is 0 Å². The van der Waals surface area contributed by atoms with Crippen molar-refractivity contribution in [3.63, 3.8) is 0 Å². The predicted octanol–water partition coefficient (Wildman–Crippen LogP) is 1.27. The highest BCUT2D eigenvalue weighted by Crippen LogP contribution is 2.21. The molecule has 24 heavy (non-hydrogen) atoms. The molecule has 132 valence electrons. The number of carbonyl (C=O) groups excluding carboxylic acids is 3. The van der Waals surface area contributed by atoms with Gasteiger partial charge in [-0.05, 0) is 31.5 Å². The highest BCUT2D eigenvalue weighted by Gasteiger charge is 2.50. The molecule has 0 atom stereocenters. The van der Waals surface area contributed by atoms with Gasteiger partial charge in [-0.3, -0.25) is 4.79 Å². The van der Waals surface area contributed by atoms with Gasteiger partial charge >= 0.3 is 11.9 Å². The highest BCUT2D eigenvalue weighted by atomic mass is 16.6. The smallest absolute Gasteiger partial charge is 0.344 e. The molecule has 0 aliphatic heterocycles. The second-order valence-electron chi connectivity index (χ2n) is 5.15. The van der Waals surface area contributed by atoms with E-state index in [0.717, 1.165) is 5.69 Å². The quantitative estimate of drug-likeness (QED) is 0.548. The van der Waals surface area contributed by atoms with Crippen LogP contribution in [0.2, 0.25) is 0 Å². The normalized spacial score (nSPS) is 10.7. The molecule has 0 aromatic heterocycles. The molecule has 0 heterocycles. The molecule has 7 heteroatoms. The summed E-state index contributed by atoms with van der Waals surface area (Å²) in [5.41, 5.74) is -0.418. The maximum absolute atomic E-state index is 12.5. The monoisotopic (exact) mass is 336 g/mol. The number of hydrogen-bond donors (Lipinski definition) is 2. The topological polar surface area (TPSA) is 93.7 Å². The zero-order valence-corrected chi connectivity index (χ0v) is 14.5. The lowest BCUT2D eigenvalue weighted by atomic mass is 9.90. The fourth-order valence-corrected chi connectivity index (χ4v) is 2.33. The first kappa shape index (κ1) is 19.5. The lowest BCUT2D eigenvalue weighted by Crippen LogP contribution is -2.62. The van der Waals surface area contributed by atoms with Crippen LogP contribution < -0.4 is 10.6 Å². The Morgan fingerprint density at radius 3 is 2.12 bits per heavy atom. The summed E-state index contributed by atoms with van der Waals surface area (Å²) in [6, 6.07) is 7.18. The van der Waals surface area contributed by atoms with E-state index in [2.05, 4.69) is 10.6 Å². The van der Waals surface area contributed by atoms with E-state index in [9.17, 15) is 14.4 Å². The Kier molecular flexibility index (Phi) is 7.23. The van der Waals surface area contributed by atoms with Gasteiger partial charge < -0.3 is 20.1 Å². The van der Waals surface area contributed by atoms with Crippen LogP contribution in [0, 0.1) is 0 Å². The average Bonchev–Trinajstić information content (AvgIpc) is 2.54. The van der Waals surface area contributed by atoms with E-state index in [4.69, 9.17) is 9.47 Å². The number of amides is 1. The van der Waals surface area contributed by atoms with Gasteiger partial charge in [0.15, 0.2) is 0 Å². The minimum Gasteiger partial charge on any atom is -0.464 e. The highest BCUT2D eigenvalue weighted by molar-refractivity contribution is 6.08. The number of nitrogens with one attached hydrogen (secondary N) is 2. The van der Waals surface area contributed by atoms with Gasteiger partial charge in [0, 0.05) is 26.1 Å². The molecule has 0 saturated carbocycles. The SMILES string of the molecule is CCOC(=O)C(Cc1cccc(NC)c1)(NC(C)=O)C(=O)OCC. The van der Waals surface area contributed by atoms with E-state index in [1.54, 1.807) is 39.1 Å². The van der Waals surface area contributed by atoms with Crippen molar-refractivity contribution in [3.8, 4) is 0 Å². The van der Waals surface area contributed by atoms with Crippen LogP contribution in [0.5, 0.6) is 0 Å². The Morgan fingerprint density at radius 1 is 1.08 bits per heavy atom. The lowest BCUT2D eigenvalue weighted by Gasteiger charge is -2.29. The summed E-state index contributed by atoms with van der Waals surface area (Å²) in [7, 11) is 1.76. The molecule has 1 rings (SSSR count). The molecular formula is C17H24N2O5. The molecule has 0 aliphatic rings. The van der Waals surface area contributed by atoms with E-state index in [-0.39, 0.29) is 19.6 Å². The van der Waals surface area contributed by atoms with Crippen LogP contribution in [0.15, 0.2) is 24.3 Å². The Morgan fingerprint density at radius 2 is 1.67 bits per heavy atom. The number of esters is 2. The number of benzene rings is 1. The van der Waals surface area contributed by atoms with Gasteiger partial charge in [-0.1, -0.05) is 12.1 Å². The summed E-state index contributed by atoms with van der Waals surface area (Å²) in [6.45, 7) is 4.65. The summed E-state index contributed by atoms with van der Waals surface area (Å²) < 4.78 is 10.1. The zero-order valence-electron chi connectivity index (χ0n) is 14.5. The second kappa shape index (κ2) is 8.90. The van der Waals surface area contributed by atoms with Crippen molar-refractivity contribution in [1.29, 1.82) is 0 Å². The average molecular weight is 336 g/mol. The third kappa shape index (κ3) is 4.71. The predicted molar refractivity (Wildman–Crippen MR) is 89.5 cm³/mol. The molecule has 0 radical (unpaired) electrons. The molecule has 0 bridgehead atoms. The maximum atomic E-state index is 12.5. The summed E-state index contributed by atoms with van der Waals surface area (Å²) in [4.78, 5) is 36.7. The molecule has 0 aliphatic carbocycles. The molecule has 0 fully saturated rings. The van der Waals surface area contributed by atoms with E-state index in [0.29, 0.717) is 5.56 Å². The molecular weight excluding hydrogens is 312 g/mol. The van der Waals surface area contributed by atoms with E-state index < -0.39 is 23.4 Å². The van der Waals surface area contributed by atoms with Gasteiger partial charge in [0.05, 0.1) is 13.2 Å². The molecule has 1 aromatic rings. The fraction of sp³-hybridized carbons (Fsp3) is 0.471. The van der Waals surface area contributed by atoms with E-state index >= 15 is 0 Å². The molecule has 1 amide bonds. The van der Waals surface area contributed by atoms with Crippen LogP contribution >= 0.6 is 0 Å². The number of carbonyl (C=O) groups is 3. The first-order valence-corrected chi connectivity index (χ1v) is 7.79. The number of ether oxygens (including phenoxy) is 2. The molecule has 0 unspecified atom stereocenters. The Balaban J connectivity index is 3.33. The summed E-state index contributed by atoms with van der Waals surface area (Å²) >= 11 is 0. The first-order valence-electron chi connectivity index (χ1n) is 7.79. The van der Waals surface area contributed by atoms with Crippen LogP contribution in [0.1, 0.15) is 26.3 Å². The van der Waals surface area contributed by atoms with E-state index in [1.165, 1.54) is 6.92 Å². The number of rotatable bonds is 8. The van der Waals surface area contributed by atoms with Gasteiger partial charge in [0.2, 0.25) is 11.4 Å². The van der Waals surface area contributed by atoms with Crippen molar-refractivity contribution in [1.82, 2.24) is 5.32 Å². The second-order valence-corrected chi connectivity index (χ2v) is 5.15. The van der Waals surface area contributed by atoms with Crippen LogP contribution in [-0.4, -0.2) is 43.6 Å². The Hall–Kier alpha value is -2.57. The van der Waals surface area contributed by atoms with Crippen LogP contribution in [-0.2, 0) is 30.3 Å². The van der Waals surface area contributed by atoms with Crippen molar-refractivity contribution >= 4 is 23.5 Å². The van der Waals surface area contributed by atoms with E-state index in [1.807, 2.05) is 6.07 Å². The minimum atomic E-state index is -1.91. The van der Waals surface area contributed by atoms with Crippen molar-refractivity contribution in [2.75, 3.05) is 25.6 Å². The third-order valence-corrected chi connectivity index (χ3v) is 3.32. The maximum Gasteiger partial charge on any atom is 0.344 e. The van der Waals surface area contributed by atoms with Gasteiger partial charge in [0.1, 0.15) is 0 Å². The Bertz CT molecular complexity index is 582. The summed E-state index contributed by atoms with van der Waals surface area (Å²) in [5.74, 6) is -2.21. The van der Waals surface area contributed by atoms with Crippen LogP contribution in [0.4, 0.5) is 5.69 Å². The number of hydrogen-bond acceptors (Lipinski definition) is 6. The number of anilines is 1. The summed E-state index contributed by atoms with van der Waals surface area (Å²) in [5, 5.41) is 5.42. The minimum absolute atomic E-state index is 0.0697. The van der Waals surface area contributed by atoms with Crippen LogP contribution in [0.25, 0.3) is 0 Å². The molecule has 1 aromatic carbocycles. The zero-order chi connectivity index (χ0) is 18.2. The van der Waals surface area contributed by atoms with Crippen molar-refractivity contribution < 1.29 is 23.9 Å². The van der Waals surface area contributed by atoms with Crippen molar-refractivity contribution in [2.24, 2.45) is 0 Å².